The zero-order valence-corrected chi connectivity index (χ0v) is 15.1. The number of nitrogens with two attached hydrogens (primary N) is 1. The second-order valence-electron chi connectivity index (χ2n) is 6.42. The van der Waals surface area contributed by atoms with Crippen molar-refractivity contribution >= 4 is 0 Å². The zero-order valence-electron chi connectivity index (χ0n) is 15.1. The van der Waals surface area contributed by atoms with Crippen LogP contribution in [0.1, 0.15) is 44.7 Å². The van der Waals surface area contributed by atoms with Crippen molar-refractivity contribution in [1.82, 2.24) is 0 Å². The lowest BCUT2D eigenvalue weighted by molar-refractivity contribution is 0.779. The van der Waals surface area contributed by atoms with Crippen LogP contribution in [0.5, 0.6) is 0 Å². The molecule has 0 radical (unpaired) electrons. The Morgan fingerprint density at radius 2 is 1.87 bits per heavy atom. The van der Waals surface area contributed by atoms with Crippen LogP contribution in [0.15, 0.2) is 72.0 Å². The molecule has 0 saturated heterocycles. The maximum atomic E-state index is 6.22. The molecular formula is C22H31N. The lowest BCUT2D eigenvalue weighted by atomic mass is 9.94. The summed E-state index contributed by atoms with van der Waals surface area (Å²) >= 11 is 0. The Kier molecular flexibility index (Phi) is 8.18. The molecule has 1 nitrogen and oxygen atoms in total. The van der Waals surface area contributed by atoms with E-state index >= 15 is 0 Å². The van der Waals surface area contributed by atoms with Gasteiger partial charge in [-0.3, -0.25) is 0 Å². The smallest absolute Gasteiger partial charge is 0.00461 e. The van der Waals surface area contributed by atoms with Crippen LogP contribution in [0.2, 0.25) is 0 Å². The maximum Gasteiger partial charge on any atom is 0.00461 e. The summed E-state index contributed by atoms with van der Waals surface area (Å²) < 4.78 is 0. The van der Waals surface area contributed by atoms with Crippen molar-refractivity contribution in [2.24, 2.45) is 11.7 Å². The van der Waals surface area contributed by atoms with Crippen LogP contribution in [0.4, 0.5) is 0 Å². The Labute approximate surface area is 142 Å². The van der Waals surface area contributed by atoms with Crippen LogP contribution in [0.25, 0.3) is 0 Å². The average molecular weight is 309 g/mol. The lowest BCUT2D eigenvalue weighted by Gasteiger charge is -2.12. The number of allylic oxidation sites excluding steroid dienone is 7. The van der Waals surface area contributed by atoms with Gasteiger partial charge in [0.2, 0.25) is 0 Å². The van der Waals surface area contributed by atoms with Gasteiger partial charge in [-0.15, -0.1) is 0 Å². The third-order valence-corrected chi connectivity index (χ3v) is 4.00. The summed E-state index contributed by atoms with van der Waals surface area (Å²) in [6.45, 7) is 12.3. The molecule has 0 bridgehead atoms. The number of hydrogen-bond donors (Lipinski definition) is 1. The molecule has 124 valence electrons. The summed E-state index contributed by atoms with van der Waals surface area (Å²) in [5.41, 5.74) is 12.5. The first-order chi connectivity index (χ1) is 10.9. The third kappa shape index (κ3) is 7.19. The van der Waals surface area contributed by atoms with Gasteiger partial charge in [0, 0.05) is 11.6 Å². The summed E-state index contributed by atoms with van der Waals surface area (Å²) in [6.07, 6.45) is 11.2. The molecule has 0 aliphatic rings. The Bertz CT molecular complexity index is 581. The zero-order chi connectivity index (χ0) is 17.2. The average Bonchev–Trinajstić information content (AvgIpc) is 2.49. The largest absolute Gasteiger partial charge is 0.402 e. The molecule has 0 heterocycles. The van der Waals surface area contributed by atoms with Gasteiger partial charge in [-0.1, -0.05) is 73.2 Å². The fraction of sp³-hybridized carbons (Fsp3) is 0.364. The van der Waals surface area contributed by atoms with Crippen LogP contribution in [0.3, 0.4) is 0 Å². The standard InChI is InChI=1S/C22H31N/c1-6-7-11-22(17(2)3)19(5)16-21(23)10-8-9-20-14-12-18(4)13-15-20/h6-7,11-16,19H,1,8-10,23H2,2-5H3/b11-7-,21-16-. The number of rotatable bonds is 8. The number of benzene rings is 1. The molecule has 1 atom stereocenters. The molecule has 1 rings (SSSR count). The molecule has 2 N–H and O–H groups in total. The van der Waals surface area contributed by atoms with Crippen LogP contribution >= 0.6 is 0 Å². The second-order valence-corrected chi connectivity index (χ2v) is 6.42. The van der Waals surface area contributed by atoms with Crippen LogP contribution in [-0.4, -0.2) is 0 Å². The van der Waals surface area contributed by atoms with Crippen molar-refractivity contribution in [1.29, 1.82) is 0 Å². The number of aryl methyl sites for hydroxylation is 2. The Balaban J connectivity index is 2.58. The quantitative estimate of drug-likeness (QED) is 0.597. The topological polar surface area (TPSA) is 26.0 Å². The summed E-state index contributed by atoms with van der Waals surface area (Å²) in [5, 5.41) is 0. The normalized spacial score (nSPS) is 13.1. The van der Waals surface area contributed by atoms with Gasteiger partial charge in [-0.2, -0.15) is 0 Å². The van der Waals surface area contributed by atoms with Gasteiger partial charge in [-0.05, 0) is 51.2 Å². The molecule has 0 aliphatic heterocycles. The van der Waals surface area contributed by atoms with E-state index in [-0.39, 0.29) is 0 Å². The van der Waals surface area contributed by atoms with Crippen molar-refractivity contribution < 1.29 is 0 Å². The lowest BCUT2D eigenvalue weighted by Crippen LogP contribution is -2.04. The van der Waals surface area contributed by atoms with Gasteiger partial charge in [0.1, 0.15) is 0 Å². The molecule has 1 heteroatoms. The third-order valence-electron chi connectivity index (χ3n) is 4.00. The first-order valence-electron chi connectivity index (χ1n) is 8.42. The van der Waals surface area contributed by atoms with Gasteiger partial charge < -0.3 is 5.73 Å². The molecule has 0 fully saturated rings. The minimum absolute atomic E-state index is 0.329. The molecule has 1 unspecified atom stereocenters. The predicted octanol–water partition coefficient (Wildman–Crippen LogP) is 5.88. The van der Waals surface area contributed by atoms with E-state index in [4.69, 9.17) is 5.73 Å². The molecule has 23 heavy (non-hydrogen) atoms. The van der Waals surface area contributed by atoms with E-state index in [1.165, 1.54) is 22.3 Å². The molecule has 0 aromatic heterocycles. The fourth-order valence-electron chi connectivity index (χ4n) is 2.69. The highest BCUT2D eigenvalue weighted by atomic mass is 14.6. The molecule has 1 aromatic carbocycles. The highest BCUT2D eigenvalue weighted by Crippen LogP contribution is 2.20. The van der Waals surface area contributed by atoms with Crippen molar-refractivity contribution in [3.8, 4) is 0 Å². The van der Waals surface area contributed by atoms with E-state index in [1.807, 2.05) is 12.2 Å². The summed E-state index contributed by atoms with van der Waals surface area (Å²) in [5.74, 6) is 0.329. The van der Waals surface area contributed by atoms with Crippen molar-refractivity contribution in [3.63, 3.8) is 0 Å². The summed E-state index contributed by atoms with van der Waals surface area (Å²) in [4.78, 5) is 0. The molecule has 0 saturated carbocycles. The fourth-order valence-corrected chi connectivity index (χ4v) is 2.69. The maximum absolute atomic E-state index is 6.22. The van der Waals surface area contributed by atoms with Gasteiger partial charge in [-0.25, -0.2) is 0 Å². The van der Waals surface area contributed by atoms with E-state index < -0.39 is 0 Å². The van der Waals surface area contributed by atoms with Gasteiger partial charge in [0.05, 0.1) is 0 Å². The Morgan fingerprint density at radius 3 is 2.43 bits per heavy atom. The van der Waals surface area contributed by atoms with E-state index in [0.29, 0.717) is 5.92 Å². The molecule has 0 amide bonds. The van der Waals surface area contributed by atoms with Crippen molar-refractivity contribution in [3.05, 3.63) is 83.1 Å². The van der Waals surface area contributed by atoms with Gasteiger partial charge >= 0.3 is 0 Å². The van der Waals surface area contributed by atoms with Crippen molar-refractivity contribution in [2.75, 3.05) is 0 Å². The highest BCUT2D eigenvalue weighted by molar-refractivity contribution is 5.31. The van der Waals surface area contributed by atoms with Gasteiger partial charge in [0.15, 0.2) is 0 Å². The van der Waals surface area contributed by atoms with E-state index in [9.17, 15) is 0 Å². The van der Waals surface area contributed by atoms with Crippen LogP contribution in [0, 0.1) is 12.8 Å². The predicted molar refractivity (Wildman–Crippen MR) is 103 cm³/mol. The molecule has 1 aromatic rings. The monoisotopic (exact) mass is 309 g/mol. The molecule has 0 aliphatic carbocycles. The summed E-state index contributed by atoms with van der Waals surface area (Å²) in [7, 11) is 0. The van der Waals surface area contributed by atoms with E-state index in [2.05, 4.69) is 70.7 Å². The van der Waals surface area contributed by atoms with Crippen molar-refractivity contribution in [2.45, 2.75) is 47.0 Å². The minimum atomic E-state index is 0.329. The Morgan fingerprint density at radius 1 is 1.22 bits per heavy atom. The van der Waals surface area contributed by atoms with E-state index in [1.54, 1.807) is 0 Å². The van der Waals surface area contributed by atoms with Crippen LogP contribution in [-0.2, 0) is 6.42 Å². The van der Waals surface area contributed by atoms with Gasteiger partial charge in [0.25, 0.3) is 0 Å². The first-order valence-corrected chi connectivity index (χ1v) is 8.42. The van der Waals surface area contributed by atoms with E-state index in [0.717, 1.165) is 25.0 Å². The second kappa shape index (κ2) is 9.89. The first kappa shape index (κ1) is 19.0. The minimum Gasteiger partial charge on any atom is -0.402 e. The number of hydrogen-bond acceptors (Lipinski definition) is 1. The molecule has 0 spiro atoms. The Hall–Kier alpha value is -2.02. The molecular weight excluding hydrogens is 278 g/mol. The SMILES string of the molecule is C=C/C=C\C(=C(C)C)C(C)/C=C(\N)CCCc1ccc(C)cc1. The highest BCUT2D eigenvalue weighted by Gasteiger charge is 2.06. The summed E-state index contributed by atoms with van der Waals surface area (Å²) in [6, 6.07) is 8.76. The van der Waals surface area contributed by atoms with Crippen LogP contribution < -0.4 is 5.73 Å².